The van der Waals surface area contributed by atoms with Gasteiger partial charge in [-0.25, -0.2) is 4.57 Å². The molecule has 19 heavy (non-hydrogen) atoms. The number of aromatic nitrogens is 2. The molecule has 0 unspecified atom stereocenters. The highest BCUT2D eigenvalue weighted by molar-refractivity contribution is 7.86. The van der Waals surface area contributed by atoms with Crippen LogP contribution in [0.4, 0.5) is 0 Å². The summed E-state index contributed by atoms with van der Waals surface area (Å²) in [5, 5.41) is 46.8. The van der Waals surface area contributed by atoms with Gasteiger partial charge in [0.15, 0.2) is 10.8 Å². The molecule has 10 nitrogen and oxygen atoms in total. The van der Waals surface area contributed by atoms with Crippen molar-refractivity contribution in [2.75, 3.05) is 0 Å². The van der Waals surface area contributed by atoms with E-state index < -0.39 is 44.2 Å². The molecule has 0 aromatic carbocycles. The second kappa shape index (κ2) is 3.73. The second-order valence-corrected chi connectivity index (χ2v) is 4.91. The SMILES string of the molecule is O=S(=O)(O)c1cc(O)n(-c2cc(O)n(O)c2O)c1O. The fraction of sp³-hybridized carbons (Fsp3) is 0. The fourth-order valence-electron chi connectivity index (χ4n) is 1.52. The minimum Gasteiger partial charge on any atom is -0.494 e. The second-order valence-electron chi connectivity index (χ2n) is 3.52. The van der Waals surface area contributed by atoms with Gasteiger partial charge >= 0.3 is 0 Å². The summed E-state index contributed by atoms with van der Waals surface area (Å²) in [6.07, 6.45) is 0. The molecule has 0 saturated heterocycles. The van der Waals surface area contributed by atoms with Crippen LogP contribution in [0.1, 0.15) is 0 Å². The molecule has 11 heteroatoms. The van der Waals surface area contributed by atoms with Gasteiger partial charge in [-0.1, -0.05) is 0 Å². The Hall–Kier alpha value is -2.53. The first-order valence-corrected chi connectivity index (χ1v) is 6.03. The Morgan fingerprint density at radius 1 is 0.947 bits per heavy atom. The summed E-state index contributed by atoms with van der Waals surface area (Å²) in [6.45, 7) is 0. The van der Waals surface area contributed by atoms with Crippen LogP contribution in [0.3, 0.4) is 0 Å². The molecule has 0 atom stereocenters. The lowest BCUT2D eigenvalue weighted by Gasteiger charge is -2.04. The maximum atomic E-state index is 10.9. The zero-order valence-corrected chi connectivity index (χ0v) is 9.77. The first-order valence-electron chi connectivity index (χ1n) is 4.59. The lowest BCUT2D eigenvalue weighted by Crippen LogP contribution is -1.98. The van der Waals surface area contributed by atoms with Crippen molar-refractivity contribution in [3.8, 4) is 29.2 Å². The van der Waals surface area contributed by atoms with Crippen LogP contribution in [-0.4, -0.2) is 47.9 Å². The van der Waals surface area contributed by atoms with Crippen molar-refractivity contribution in [3.63, 3.8) is 0 Å². The number of hydrogen-bond donors (Lipinski definition) is 6. The molecule has 2 aromatic heterocycles. The zero-order chi connectivity index (χ0) is 14.5. The van der Waals surface area contributed by atoms with E-state index in [9.17, 15) is 23.7 Å². The smallest absolute Gasteiger partial charge is 0.300 e. The maximum Gasteiger partial charge on any atom is 0.300 e. The largest absolute Gasteiger partial charge is 0.494 e. The molecule has 0 amide bonds. The highest BCUT2D eigenvalue weighted by Crippen LogP contribution is 2.39. The van der Waals surface area contributed by atoms with Gasteiger partial charge in [0.1, 0.15) is 5.69 Å². The van der Waals surface area contributed by atoms with E-state index in [1.807, 2.05) is 0 Å². The molecule has 0 aliphatic heterocycles. The molecule has 0 radical (unpaired) electrons. The summed E-state index contributed by atoms with van der Waals surface area (Å²) < 4.78 is 31.0. The van der Waals surface area contributed by atoms with E-state index in [2.05, 4.69) is 0 Å². The molecule has 6 N–H and O–H groups in total. The molecule has 0 bridgehead atoms. The molecule has 2 rings (SSSR count). The molecule has 2 aromatic rings. The van der Waals surface area contributed by atoms with Crippen LogP contribution in [0.15, 0.2) is 17.0 Å². The lowest BCUT2D eigenvalue weighted by molar-refractivity contribution is 0.130. The number of nitrogens with zero attached hydrogens (tertiary/aromatic N) is 2. The Morgan fingerprint density at radius 3 is 1.89 bits per heavy atom. The van der Waals surface area contributed by atoms with Crippen molar-refractivity contribution in [1.82, 2.24) is 9.30 Å². The van der Waals surface area contributed by atoms with Gasteiger partial charge in [0.05, 0.1) is 0 Å². The molecular weight excluding hydrogens is 284 g/mol. The topological polar surface area (TPSA) is 165 Å². The Kier molecular flexibility index (Phi) is 2.54. The zero-order valence-electron chi connectivity index (χ0n) is 8.96. The number of hydrogen-bond acceptors (Lipinski definition) is 7. The monoisotopic (exact) mass is 292 g/mol. The third-order valence-electron chi connectivity index (χ3n) is 2.35. The highest BCUT2D eigenvalue weighted by Gasteiger charge is 2.27. The standard InChI is InChI=1S/C8H8N2O8S/c11-5-2-4(19(16,17)18)8(14)9(5)3-1-6(12)10(15)7(3)13/h1-2,11-15H,(H,16,17,18). The molecule has 0 aliphatic carbocycles. The van der Waals surface area contributed by atoms with Crippen LogP contribution < -0.4 is 0 Å². The molecule has 104 valence electrons. The minimum atomic E-state index is -4.80. The van der Waals surface area contributed by atoms with Crippen LogP contribution in [0.2, 0.25) is 0 Å². The van der Waals surface area contributed by atoms with E-state index >= 15 is 0 Å². The molecule has 0 aliphatic rings. The van der Waals surface area contributed by atoms with Crippen LogP contribution in [0.5, 0.6) is 23.5 Å². The van der Waals surface area contributed by atoms with E-state index in [0.717, 1.165) is 6.07 Å². The molecule has 0 saturated carbocycles. The Morgan fingerprint density at radius 2 is 1.53 bits per heavy atom. The lowest BCUT2D eigenvalue weighted by atomic mass is 10.5. The van der Waals surface area contributed by atoms with Crippen molar-refractivity contribution < 1.29 is 38.6 Å². The summed E-state index contributed by atoms with van der Waals surface area (Å²) in [4.78, 5) is -1.01. The Balaban J connectivity index is 2.77. The predicted molar refractivity (Wildman–Crippen MR) is 57.4 cm³/mol. The average molecular weight is 292 g/mol. The van der Waals surface area contributed by atoms with Gasteiger partial charge in [-0.3, -0.25) is 4.55 Å². The van der Waals surface area contributed by atoms with Crippen molar-refractivity contribution in [1.29, 1.82) is 0 Å². The van der Waals surface area contributed by atoms with E-state index in [-0.39, 0.29) is 4.73 Å². The van der Waals surface area contributed by atoms with Gasteiger partial charge in [0.2, 0.25) is 11.8 Å². The van der Waals surface area contributed by atoms with Gasteiger partial charge in [-0.15, -0.1) is 4.73 Å². The molecule has 0 fully saturated rings. The third-order valence-corrected chi connectivity index (χ3v) is 3.21. The highest BCUT2D eigenvalue weighted by atomic mass is 32.2. The first kappa shape index (κ1) is 12.9. The van der Waals surface area contributed by atoms with Crippen molar-refractivity contribution >= 4 is 10.1 Å². The summed E-state index contributed by atoms with van der Waals surface area (Å²) in [7, 11) is -4.80. The van der Waals surface area contributed by atoms with Crippen molar-refractivity contribution in [3.05, 3.63) is 12.1 Å². The summed E-state index contributed by atoms with van der Waals surface area (Å²) in [5.41, 5.74) is -0.509. The van der Waals surface area contributed by atoms with Gasteiger partial charge < -0.3 is 25.6 Å². The molecule has 2 heterocycles. The van der Waals surface area contributed by atoms with Crippen LogP contribution in [0, 0.1) is 0 Å². The van der Waals surface area contributed by atoms with Crippen molar-refractivity contribution in [2.24, 2.45) is 0 Å². The minimum absolute atomic E-state index is 0.0681. The Labute approximate surface area is 105 Å². The van der Waals surface area contributed by atoms with Crippen LogP contribution in [0.25, 0.3) is 5.69 Å². The van der Waals surface area contributed by atoms with Crippen LogP contribution >= 0.6 is 0 Å². The van der Waals surface area contributed by atoms with E-state index in [0.29, 0.717) is 10.6 Å². The fourth-order valence-corrected chi connectivity index (χ4v) is 2.10. The number of aromatic hydroxyl groups is 4. The predicted octanol–water partition coefficient (Wildman–Crippen LogP) is -0.415. The summed E-state index contributed by atoms with van der Waals surface area (Å²) in [6, 6.07) is 1.26. The van der Waals surface area contributed by atoms with Gasteiger partial charge in [0, 0.05) is 12.1 Å². The normalized spacial score (nSPS) is 11.8. The van der Waals surface area contributed by atoms with Gasteiger partial charge in [-0.05, 0) is 0 Å². The maximum absolute atomic E-state index is 10.9. The van der Waals surface area contributed by atoms with E-state index in [1.165, 1.54) is 0 Å². The molecular formula is C8H8N2O8S. The van der Waals surface area contributed by atoms with Crippen LogP contribution in [-0.2, 0) is 10.1 Å². The quantitative estimate of drug-likeness (QED) is 0.321. The Bertz CT molecular complexity index is 756. The van der Waals surface area contributed by atoms with E-state index in [4.69, 9.17) is 14.9 Å². The van der Waals surface area contributed by atoms with Gasteiger partial charge in [0.25, 0.3) is 16.0 Å². The summed E-state index contributed by atoms with van der Waals surface area (Å²) in [5.74, 6) is -3.76. The third kappa shape index (κ3) is 1.80. The van der Waals surface area contributed by atoms with Gasteiger partial charge in [-0.2, -0.15) is 8.42 Å². The average Bonchev–Trinajstić information content (AvgIpc) is 2.71. The van der Waals surface area contributed by atoms with Crippen molar-refractivity contribution in [2.45, 2.75) is 4.90 Å². The summed E-state index contributed by atoms with van der Waals surface area (Å²) >= 11 is 0. The van der Waals surface area contributed by atoms with E-state index in [1.54, 1.807) is 0 Å². The first-order chi connectivity index (χ1) is 8.64. The number of rotatable bonds is 2. The molecule has 0 spiro atoms.